The van der Waals surface area contributed by atoms with E-state index in [1.54, 1.807) is 13.0 Å². The Morgan fingerprint density at radius 1 is 1.23 bits per heavy atom. The molecule has 0 radical (unpaired) electrons. The Labute approximate surface area is 183 Å². The zero-order chi connectivity index (χ0) is 21.8. The second-order valence-corrected chi connectivity index (χ2v) is 8.10. The molecule has 1 heterocycles. The first-order chi connectivity index (χ1) is 14.3. The Morgan fingerprint density at radius 2 is 1.93 bits per heavy atom. The third kappa shape index (κ3) is 4.96. The molecule has 0 spiro atoms. The maximum absolute atomic E-state index is 14.0. The third-order valence-corrected chi connectivity index (χ3v) is 6.04. The Balaban J connectivity index is 1.81. The standard InChI is InChI=1S/C21H24BrFN4O3/c1-3-25-8-10-26(11-9-25)19-7-5-16(23)13-17(19)14(2)24-21(28)15-4-6-18(22)20(12-15)27(29)30/h4-7,12-14H,3,8-11H2,1-2H3,(H,24,28). The van der Waals surface area contributed by atoms with Crippen LogP contribution in [0.15, 0.2) is 40.9 Å². The van der Waals surface area contributed by atoms with Crippen LogP contribution in [-0.4, -0.2) is 48.5 Å². The molecule has 3 rings (SSSR count). The molecule has 30 heavy (non-hydrogen) atoms. The first kappa shape index (κ1) is 22.2. The van der Waals surface area contributed by atoms with Gasteiger partial charge in [0.25, 0.3) is 11.6 Å². The normalized spacial score (nSPS) is 15.7. The van der Waals surface area contributed by atoms with Crippen molar-refractivity contribution in [3.05, 3.63) is 67.9 Å². The van der Waals surface area contributed by atoms with E-state index in [2.05, 4.69) is 38.0 Å². The minimum atomic E-state index is -0.551. The molecule has 1 aliphatic rings. The number of nitro groups is 1. The van der Waals surface area contributed by atoms with Crippen LogP contribution in [0.25, 0.3) is 0 Å². The number of anilines is 1. The Morgan fingerprint density at radius 3 is 2.57 bits per heavy atom. The van der Waals surface area contributed by atoms with Crippen molar-refractivity contribution in [3.8, 4) is 0 Å². The van der Waals surface area contributed by atoms with Crippen molar-refractivity contribution in [1.29, 1.82) is 0 Å². The van der Waals surface area contributed by atoms with Crippen molar-refractivity contribution in [2.45, 2.75) is 19.9 Å². The van der Waals surface area contributed by atoms with Crippen molar-refractivity contribution in [3.63, 3.8) is 0 Å². The van der Waals surface area contributed by atoms with Crippen LogP contribution in [0.1, 0.15) is 35.8 Å². The lowest BCUT2D eigenvalue weighted by molar-refractivity contribution is -0.385. The van der Waals surface area contributed by atoms with Gasteiger partial charge in [-0.2, -0.15) is 0 Å². The van der Waals surface area contributed by atoms with Crippen molar-refractivity contribution in [2.75, 3.05) is 37.6 Å². The number of nitrogens with zero attached hydrogens (tertiary/aromatic N) is 3. The molecular weight excluding hydrogens is 455 g/mol. The summed E-state index contributed by atoms with van der Waals surface area (Å²) >= 11 is 3.11. The van der Waals surface area contributed by atoms with E-state index >= 15 is 0 Å². The summed E-state index contributed by atoms with van der Waals surface area (Å²) in [5.74, 6) is -0.828. The average molecular weight is 479 g/mol. The van der Waals surface area contributed by atoms with Gasteiger partial charge < -0.3 is 15.1 Å². The number of halogens is 2. The lowest BCUT2D eigenvalue weighted by Gasteiger charge is -2.37. The van der Waals surface area contributed by atoms with E-state index in [9.17, 15) is 19.3 Å². The number of hydrogen-bond acceptors (Lipinski definition) is 5. The summed E-state index contributed by atoms with van der Waals surface area (Å²) < 4.78 is 14.3. The van der Waals surface area contributed by atoms with Crippen molar-refractivity contribution < 1.29 is 14.1 Å². The zero-order valence-electron chi connectivity index (χ0n) is 16.9. The van der Waals surface area contributed by atoms with Gasteiger partial charge in [0.15, 0.2) is 0 Å². The van der Waals surface area contributed by atoms with E-state index in [1.807, 2.05) is 0 Å². The summed E-state index contributed by atoms with van der Waals surface area (Å²) in [7, 11) is 0. The van der Waals surface area contributed by atoms with Crippen LogP contribution in [0, 0.1) is 15.9 Å². The molecule has 0 bridgehead atoms. The monoisotopic (exact) mass is 478 g/mol. The van der Waals surface area contributed by atoms with Crippen LogP contribution < -0.4 is 10.2 Å². The summed E-state index contributed by atoms with van der Waals surface area (Å²) in [6.45, 7) is 8.41. The Hall–Kier alpha value is -2.52. The second-order valence-electron chi connectivity index (χ2n) is 7.24. The average Bonchev–Trinajstić information content (AvgIpc) is 2.73. The molecule has 0 aromatic heterocycles. The lowest BCUT2D eigenvalue weighted by Crippen LogP contribution is -2.46. The van der Waals surface area contributed by atoms with Gasteiger partial charge in [-0.1, -0.05) is 6.92 Å². The van der Waals surface area contributed by atoms with Gasteiger partial charge in [-0.3, -0.25) is 14.9 Å². The van der Waals surface area contributed by atoms with Crippen molar-refractivity contribution >= 4 is 33.2 Å². The summed E-state index contributed by atoms with van der Waals surface area (Å²) in [5, 5.41) is 14.0. The van der Waals surface area contributed by atoms with Gasteiger partial charge in [0.05, 0.1) is 15.4 Å². The molecule has 1 N–H and O–H groups in total. The molecule has 1 aliphatic heterocycles. The molecule has 1 unspecified atom stereocenters. The Kier molecular flexibility index (Phi) is 7.04. The molecule has 0 saturated carbocycles. The quantitative estimate of drug-likeness (QED) is 0.498. The fourth-order valence-electron chi connectivity index (χ4n) is 3.62. The van der Waals surface area contributed by atoms with E-state index in [0.717, 1.165) is 38.4 Å². The maximum Gasteiger partial charge on any atom is 0.284 e. The van der Waals surface area contributed by atoms with Gasteiger partial charge in [-0.15, -0.1) is 0 Å². The predicted molar refractivity (Wildman–Crippen MR) is 117 cm³/mol. The molecule has 9 heteroatoms. The predicted octanol–water partition coefficient (Wildman–Crippen LogP) is 4.13. The number of nitro benzene ring substituents is 1. The number of carbonyl (C=O) groups excluding carboxylic acids is 1. The number of carbonyl (C=O) groups is 1. The summed E-state index contributed by atoms with van der Waals surface area (Å²) in [4.78, 5) is 27.8. The van der Waals surface area contributed by atoms with E-state index in [4.69, 9.17) is 0 Å². The molecule has 2 aromatic carbocycles. The van der Waals surface area contributed by atoms with Crippen LogP contribution in [-0.2, 0) is 0 Å². The van der Waals surface area contributed by atoms with E-state index < -0.39 is 16.9 Å². The number of amides is 1. The molecule has 2 aromatic rings. The van der Waals surface area contributed by atoms with Gasteiger partial charge in [-0.05, 0) is 59.7 Å². The van der Waals surface area contributed by atoms with Crippen molar-refractivity contribution in [1.82, 2.24) is 10.2 Å². The first-order valence-electron chi connectivity index (χ1n) is 9.81. The highest BCUT2D eigenvalue weighted by atomic mass is 79.9. The topological polar surface area (TPSA) is 78.7 Å². The molecule has 0 aliphatic carbocycles. The maximum atomic E-state index is 14.0. The third-order valence-electron chi connectivity index (χ3n) is 5.37. The van der Waals surface area contributed by atoms with Crippen LogP contribution in [0.5, 0.6) is 0 Å². The van der Waals surface area contributed by atoms with Crippen LogP contribution in [0.3, 0.4) is 0 Å². The fourth-order valence-corrected chi connectivity index (χ4v) is 4.01. The van der Waals surface area contributed by atoms with E-state index in [1.165, 1.54) is 30.3 Å². The number of likely N-dealkylation sites (N-methyl/N-ethyl adjacent to an activating group) is 1. The van der Waals surface area contributed by atoms with Gasteiger partial charge in [-0.25, -0.2) is 4.39 Å². The molecule has 160 valence electrons. The molecule has 1 saturated heterocycles. The molecule has 1 amide bonds. The van der Waals surface area contributed by atoms with Gasteiger partial charge in [0.1, 0.15) is 5.82 Å². The van der Waals surface area contributed by atoms with E-state index in [-0.39, 0.29) is 17.1 Å². The smallest absolute Gasteiger partial charge is 0.284 e. The highest BCUT2D eigenvalue weighted by Gasteiger charge is 2.23. The number of nitrogens with one attached hydrogen (secondary N) is 1. The van der Waals surface area contributed by atoms with Gasteiger partial charge in [0, 0.05) is 49.1 Å². The summed E-state index contributed by atoms with van der Waals surface area (Å²) in [5.41, 5.74) is 1.56. The minimum Gasteiger partial charge on any atom is -0.369 e. The van der Waals surface area contributed by atoms with Crippen molar-refractivity contribution in [2.24, 2.45) is 0 Å². The fraction of sp³-hybridized carbons (Fsp3) is 0.381. The molecule has 7 nitrogen and oxygen atoms in total. The number of hydrogen-bond donors (Lipinski definition) is 1. The van der Waals surface area contributed by atoms with Crippen LogP contribution in [0.4, 0.5) is 15.8 Å². The Bertz CT molecular complexity index is 948. The highest BCUT2D eigenvalue weighted by molar-refractivity contribution is 9.10. The second kappa shape index (κ2) is 9.53. The first-order valence-corrected chi connectivity index (χ1v) is 10.6. The number of benzene rings is 2. The minimum absolute atomic E-state index is 0.172. The van der Waals surface area contributed by atoms with Crippen LogP contribution in [0.2, 0.25) is 0 Å². The van der Waals surface area contributed by atoms with Crippen LogP contribution >= 0.6 is 15.9 Å². The molecule has 1 fully saturated rings. The summed E-state index contributed by atoms with van der Waals surface area (Å²) in [6, 6.07) is 8.35. The SMILES string of the molecule is CCN1CCN(c2ccc(F)cc2C(C)NC(=O)c2ccc(Br)c([N+](=O)[O-])c2)CC1. The zero-order valence-corrected chi connectivity index (χ0v) is 18.5. The molecule has 1 atom stereocenters. The van der Waals surface area contributed by atoms with Gasteiger partial charge >= 0.3 is 0 Å². The highest BCUT2D eigenvalue weighted by Crippen LogP contribution is 2.29. The summed E-state index contributed by atoms with van der Waals surface area (Å²) in [6.07, 6.45) is 0. The largest absolute Gasteiger partial charge is 0.369 e. The van der Waals surface area contributed by atoms with Gasteiger partial charge in [0.2, 0.25) is 0 Å². The number of rotatable bonds is 6. The molecular formula is C21H24BrFN4O3. The lowest BCUT2D eigenvalue weighted by atomic mass is 10.0. The van der Waals surface area contributed by atoms with E-state index in [0.29, 0.717) is 10.0 Å². The number of piperazine rings is 1.